The summed E-state index contributed by atoms with van der Waals surface area (Å²) in [6.45, 7) is 0.0821. The Kier molecular flexibility index (Phi) is 6.19. The van der Waals surface area contributed by atoms with Gasteiger partial charge in [0.1, 0.15) is 12.6 Å². The zero-order valence-corrected chi connectivity index (χ0v) is 13.0. The molecule has 2 aromatic rings. The molecule has 0 spiro atoms. The number of benzene rings is 2. The Morgan fingerprint density at radius 2 is 1.75 bits per heavy atom. The number of carboxylic acids is 1. The number of ether oxygens (including phenoxy) is 2. The number of carboxylic acid groups (broad SMARTS) is 1. The van der Waals surface area contributed by atoms with Gasteiger partial charge >= 0.3 is 12.1 Å². The Morgan fingerprint density at radius 3 is 2.33 bits per heavy atom. The number of aliphatic carboxylic acids is 1. The molecular formula is C18H19NO5. The summed E-state index contributed by atoms with van der Waals surface area (Å²) in [5.74, 6) is -0.432. The van der Waals surface area contributed by atoms with Crippen LogP contribution in [0.15, 0.2) is 54.6 Å². The zero-order chi connectivity index (χ0) is 17.4. The Hall–Kier alpha value is -3.02. The van der Waals surface area contributed by atoms with Gasteiger partial charge in [0.25, 0.3) is 0 Å². The lowest BCUT2D eigenvalue weighted by molar-refractivity contribution is -0.139. The molecule has 126 valence electrons. The van der Waals surface area contributed by atoms with Crippen LogP contribution < -0.4 is 5.32 Å². The maximum atomic E-state index is 11.8. The molecule has 0 aromatic heterocycles. The molecular weight excluding hydrogens is 310 g/mol. The van der Waals surface area contributed by atoms with Crippen LogP contribution in [0.25, 0.3) is 0 Å². The van der Waals surface area contributed by atoms with Crippen LogP contribution >= 0.6 is 0 Å². The largest absolute Gasteiger partial charge is 0.722 e. The summed E-state index contributed by atoms with van der Waals surface area (Å²) in [6.07, 6.45) is -0.622. The Morgan fingerprint density at radius 1 is 1.08 bits per heavy atom. The number of aliphatic hydroxyl groups is 1. The van der Waals surface area contributed by atoms with E-state index in [0.717, 1.165) is 11.1 Å². The summed E-state index contributed by atoms with van der Waals surface area (Å²) in [5.41, 5.74) is 1.59. The van der Waals surface area contributed by atoms with E-state index < -0.39 is 18.1 Å². The highest BCUT2D eigenvalue weighted by molar-refractivity contribution is 5.80. The third-order valence-electron chi connectivity index (χ3n) is 3.36. The molecule has 0 heterocycles. The standard InChI is InChI=1S/C18H19NO5/c1-23-15-9-7-13(8-10-15)11-16(17(20)21)19-18(22)24-12-14-5-3-2-4-6-14/h2-10,16,23H,1,11-12H2,(H,19,22)(H,20,21). The molecule has 2 rings (SSSR count). The minimum Gasteiger partial charge on any atom is -0.722 e. The van der Waals surface area contributed by atoms with Crippen LogP contribution in [0.1, 0.15) is 11.1 Å². The highest BCUT2D eigenvalue weighted by atomic mass is 16.5. The van der Waals surface area contributed by atoms with Gasteiger partial charge in [-0.25, -0.2) is 9.59 Å². The number of amides is 1. The molecule has 6 nitrogen and oxygen atoms in total. The van der Waals surface area contributed by atoms with Gasteiger partial charge in [-0.1, -0.05) is 30.3 Å². The first kappa shape index (κ1) is 17.3. The van der Waals surface area contributed by atoms with Crippen molar-refractivity contribution < 1.29 is 24.2 Å². The van der Waals surface area contributed by atoms with Crippen molar-refractivity contribution in [2.24, 2.45) is 0 Å². The van der Waals surface area contributed by atoms with Gasteiger partial charge in [-0.2, -0.15) is 0 Å². The third kappa shape index (κ3) is 5.31. The van der Waals surface area contributed by atoms with Crippen molar-refractivity contribution in [3.63, 3.8) is 0 Å². The Bertz CT molecular complexity index is 670. The fraction of sp³-hybridized carbons (Fsp3) is 0.167. The first-order valence-corrected chi connectivity index (χ1v) is 7.34. The summed E-state index contributed by atoms with van der Waals surface area (Å²) in [4.78, 5) is 23.1. The van der Waals surface area contributed by atoms with Crippen molar-refractivity contribution in [2.75, 3.05) is 0 Å². The van der Waals surface area contributed by atoms with Gasteiger partial charge in [0, 0.05) is 18.6 Å². The van der Waals surface area contributed by atoms with Crippen molar-refractivity contribution in [3.05, 3.63) is 72.8 Å². The molecule has 0 saturated heterocycles. The van der Waals surface area contributed by atoms with E-state index in [1.54, 1.807) is 24.3 Å². The van der Waals surface area contributed by atoms with Gasteiger partial charge in [0.15, 0.2) is 0 Å². The number of carbonyl (C=O) groups is 2. The number of alkyl carbamates (subject to hydrolysis) is 1. The van der Waals surface area contributed by atoms with Crippen molar-refractivity contribution in [3.8, 4) is 5.75 Å². The van der Waals surface area contributed by atoms with Crippen LogP contribution in [0, 0.1) is 7.11 Å². The third-order valence-corrected chi connectivity index (χ3v) is 3.36. The van der Waals surface area contributed by atoms with E-state index in [1.807, 2.05) is 30.3 Å². The molecule has 6 heteroatoms. The van der Waals surface area contributed by atoms with E-state index in [-0.39, 0.29) is 13.0 Å². The van der Waals surface area contributed by atoms with Crippen molar-refractivity contribution in [1.29, 1.82) is 0 Å². The molecule has 0 bridgehead atoms. The van der Waals surface area contributed by atoms with Crippen molar-refractivity contribution >= 4 is 12.1 Å². The second-order valence-corrected chi connectivity index (χ2v) is 5.13. The number of carbonyl (C=O) groups excluding carboxylic acids is 1. The molecule has 0 aliphatic carbocycles. The molecule has 24 heavy (non-hydrogen) atoms. The predicted molar refractivity (Wildman–Crippen MR) is 88.4 cm³/mol. The zero-order valence-electron chi connectivity index (χ0n) is 13.0. The predicted octanol–water partition coefficient (Wildman–Crippen LogP) is 2.64. The molecule has 1 atom stereocenters. The molecule has 0 aliphatic rings. The lowest BCUT2D eigenvalue weighted by Gasteiger charge is -2.15. The molecule has 0 radical (unpaired) electrons. The van der Waals surface area contributed by atoms with Crippen molar-refractivity contribution in [1.82, 2.24) is 5.32 Å². The number of aromatic hydroxyl groups is 1. The lowest BCUT2D eigenvalue weighted by Crippen LogP contribution is -2.42. The Labute approximate surface area is 140 Å². The maximum absolute atomic E-state index is 11.8. The fourth-order valence-electron chi connectivity index (χ4n) is 2.08. The van der Waals surface area contributed by atoms with Crippen LogP contribution in [0.2, 0.25) is 0 Å². The first-order chi connectivity index (χ1) is 11.6. The summed E-state index contributed by atoms with van der Waals surface area (Å²) in [6, 6.07) is 15.0. The SMILES string of the molecule is [CH2-][OH+]c1ccc(CC(NC(=O)OCc2ccccc2)C(=O)O)cc1. The van der Waals surface area contributed by atoms with Gasteiger partial charge in [0.2, 0.25) is 5.75 Å². The maximum Gasteiger partial charge on any atom is 0.408 e. The first-order valence-electron chi connectivity index (χ1n) is 7.34. The summed E-state index contributed by atoms with van der Waals surface area (Å²) in [7, 11) is 3.42. The second-order valence-electron chi connectivity index (χ2n) is 5.13. The smallest absolute Gasteiger partial charge is 0.408 e. The average Bonchev–Trinajstić information content (AvgIpc) is 2.61. The fourth-order valence-corrected chi connectivity index (χ4v) is 2.08. The minimum absolute atomic E-state index is 0.0821. The van der Waals surface area contributed by atoms with Crippen molar-refractivity contribution in [2.45, 2.75) is 19.1 Å². The van der Waals surface area contributed by atoms with Crippen LogP contribution in [0.3, 0.4) is 0 Å². The van der Waals surface area contributed by atoms with E-state index in [1.165, 1.54) is 0 Å². The van der Waals surface area contributed by atoms with Crippen LogP contribution in [0.4, 0.5) is 4.79 Å². The van der Waals surface area contributed by atoms with Gasteiger partial charge < -0.3 is 19.9 Å². The van der Waals surface area contributed by atoms with E-state index in [9.17, 15) is 14.7 Å². The minimum atomic E-state index is -1.13. The second kappa shape index (κ2) is 8.57. The molecule has 1 unspecified atom stereocenters. The molecule has 0 fully saturated rings. The van der Waals surface area contributed by atoms with Gasteiger partial charge in [0.05, 0.1) is 0 Å². The molecule has 2 aromatic carbocycles. The van der Waals surface area contributed by atoms with E-state index in [0.29, 0.717) is 5.75 Å². The van der Waals surface area contributed by atoms with Gasteiger partial charge in [-0.3, -0.25) is 0 Å². The highest BCUT2D eigenvalue weighted by Crippen LogP contribution is 2.14. The van der Waals surface area contributed by atoms with Crippen LogP contribution in [-0.4, -0.2) is 27.9 Å². The Balaban J connectivity index is 1.90. The number of nitrogens with one attached hydrogen (secondary N) is 1. The van der Waals surface area contributed by atoms with E-state index >= 15 is 0 Å². The van der Waals surface area contributed by atoms with E-state index in [4.69, 9.17) is 4.74 Å². The lowest BCUT2D eigenvalue weighted by atomic mass is 10.1. The monoisotopic (exact) mass is 329 g/mol. The molecule has 0 saturated carbocycles. The number of rotatable bonds is 7. The average molecular weight is 329 g/mol. The normalized spacial score (nSPS) is 11.4. The topological polar surface area (TPSA) is 88.4 Å². The van der Waals surface area contributed by atoms with Gasteiger partial charge in [-0.05, 0) is 30.4 Å². The molecule has 3 N–H and O–H groups in total. The van der Waals surface area contributed by atoms with Crippen LogP contribution in [0.5, 0.6) is 5.75 Å². The number of hydrogen-bond acceptors (Lipinski definition) is 3. The quantitative estimate of drug-likeness (QED) is 0.604. The summed E-state index contributed by atoms with van der Waals surface area (Å²) < 4.78 is 8.82. The van der Waals surface area contributed by atoms with Crippen LogP contribution in [-0.2, 0) is 22.6 Å². The van der Waals surface area contributed by atoms with E-state index in [2.05, 4.69) is 17.2 Å². The molecule has 1 amide bonds. The summed E-state index contributed by atoms with van der Waals surface area (Å²) >= 11 is 0. The molecule has 0 aliphatic heterocycles. The van der Waals surface area contributed by atoms with Gasteiger partial charge in [-0.15, -0.1) is 0 Å². The highest BCUT2D eigenvalue weighted by Gasteiger charge is 2.21. The summed E-state index contributed by atoms with van der Waals surface area (Å²) in [5, 5.41) is 11.6. The number of hydrogen-bond donors (Lipinski definition) is 2.